The molecule has 30 heavy (non-hydrogen) atoms. The zero-order valence-corrected chi connectivity index (χ0v) is 17.0. The Morgan fingerprint density at radius 3 is 2.70 bits per heavy atom. The van der Waals surface area contributed by atoms with Gasteiger partial charge in [0.05, 0.1) is 4.90 Å². The summed E-state index contributed by atoms with van der Waals surface area (Å²) in [6.07, 6.45) is 6.31. The number of aryl methyl sites for hydroxylation is 1. The van der Waals surface area contributed by atoms with E-state index in [9.17, 15) is 13.6 Å². The standard InChI is InChI=1S/C22H20F2N4OS/c1-28-13-20-17(21(28)22(29)26-15-8-10-18(23)19(24)12-15)9-7-16(27-30(20)25)11-14-5-3-2-4-6-14/h2-10,12-13,16H,11H2,1H3,(H2,25,27)(H,26,29)/t16-,30?/m1/s1. The van der Waals surface area contributed by atoms with Gasteiger partial charge in [-0.1, -0.05) is 42.5 Å². The van der Waals surface area contributed by atoms with E-state index >= 15 is 0 Å². The van der Waals surface area contributed by atoms with Crippen LogP contribution in [-0.4, -0.2) is 16.5 Å². The summed E-state index contributed by atoms with van der Waals surface area (Å²) in [7, 11) is 0.705. The van der Waals surface area contributed by atoms with Gasteiger partial charge in [-0.05, 0) is 35.0 Å². The number of halogens is 2. The third-order valence-electron chi connectivity index (χ3n) is 4.86. The summed E-state index contributed by atoms with van der Waals surface area (Å²) in [5, 5.41) is 2.61. The van der Waals surface area contributed by atoms with Gasteiger partial charge in [-0.15, -0.1) is 0 Å². The molecule has 2 atom stereocenters. The molecule has 154 valence electrons. The highest BCUT2D eigenvalue weighted by molar-refractivity contribution is 7.84. The molecule has 0 spiro atoms. The zero-order valence-electron chi connectivity index (χ0n) is 16.2. The predicted molar refractivity (Wildman–Crippen MR) is 114 cm³/mol. The zero-order chi connectivity index (χ0) is 21.3. The van der Waals surface area contributed by atoms with Crippen molar-refractivity contribution in [3.63, 3.8) is 0 Å². The van der Waals surface area contributed by atoms with Crippen molar-refractivity contribution in [3.05, 3.63) is 89.3 Å². The van der Waals surface area contributed by atoms with Crippen LogP contribution in [0, 0.1) is 16.4 Å². The number of hydrogen-bond donors (Lipinski definition) is 3. The van der Waals surface area contributed by atoms with Crippen molar-refractivity contribution in [2.75, 3.05) is 5.32 Å². The van der Waals surface area contributed by atoms with Crippen LogP contribution in [0.4, 0.5) is 14.5 Å². The first kappa shape index (κ1) is 20.2. The fraction of sp³-hybridized carbons (Fsp3) is 0.136. The number of fused-ring (bicyclic) bond motifs is 1. The van der Waals surface area contributed by atoms with Gasteiger partial charge in [0.2, 0.25) is 0 Å². The molecular formula is C22H20F2N4OS. The second kappa shape index (κ2) is 8.33. The first-order chi connectivity index (χ1) is 14.4. The minimum Gasteiger partial charge on any atom is -0.345 e. The van der Waals surface area contributed by atoms with E-state index in [2.05, 4.69) is 10.0 Å². The quantitative estimate of drug-likeness (QED) is 0.577. The van der Waals surface area contributed by atoms with E-state index < -0.39 is 28.4 Å². The molecule has 3 aromatic rings. The van der Waals surface area contributed by atoms with Crippen molar-refractivity contribution in [3.8, 4) is 0 Å². The topological polar surface area (TPSA) is 69.9 Å². The molecule has 5 nitrogen and oxygen atoms in total. The van der Waals surface area contributed by atoms with Crippen LogP contribution >= 0.6 is 0 Å². The lowest BCUT2D eigenvalue weighted by Crippen LogP contribution is -2.29. The molecule has 2 aromatic carbocycles. The normalized spacial score (nSPS) is 18.0. The minimum absolute atomic E-state index is 0.0481. The van der Waals surface area contributed by atoms with Crippen molar-refractivity contribution in [2.45, 2.75) is 17.4 Å². The van der Waals surface area contributed by atoms with Gasteiger partial charge in [-0.3, -0.25) is 9.57 Å². The fourth-order valence-electron chi connectivity index (χ4n) is 3.43. The molecule has 0 aliphatic carbocycles. The van der Waals surface area contributed by atoms with E-state index in [-0.39, 0.29) is 11.7 Å². The molecule has 1 unspecified atom stereocenters. The van der Waals surface area contributed by atoms with Crippen LogP contribution in [0.2, 0.25) is 0 Å². The molecule has 2 heterocycles. The molecule has 0 bridgehead atoms. The number of hydrogen-bond acceptors (Lipinski definition) is 2. The van der Waals surface area contributed by atoms with Gasteiger partial charge in [0.1, 0.15) is 5.69 Å². The highest BCUT2D eigenvalue weighted by Crippen LogP contribution is 2.26. The molecule has 3 N–H and O–H groups in total. The highest BCUT2D eigenvalue weighted by atomic mass is 32.2. The Bertz CT molecular complexity index is 1160. The average Bonchev–Trinajstić information content (AvgIpc) is 2.98. The van der Waals surface area contributed by atoms with Crippen LogP contribution in [0.15, 0.2) is 65.7 Å². The lowest BCUT2D eigenvalue weighted by molar-refractivity contribution is 0.101. The second-order valence-corrected chi connectivity index (χ2v) is 8.32. The molecular weight excluding hydrogens is 406 g/mol. The molecule has 0 radical (unpaired) electrons. The van der Waals surface area contributed by atoms with E-state index in [1.807, 2.05) is 42.5 Å². The maximum Gasteiger partial charge on any atom is 0.272 e. The fourth-order valence-corrected chi connectivity index (χ4v) is 4.67. The summed E-state index contributed by atoms with van der Waals surface area (Å²) in [6.45, 7) is 0. The molecule has 1 aliphatic heterocycles. The van der Waals surface area contributed by atoms with Crippen LogP contribution < -0.4 is 10.0 Å². The monoisotopic (exact) mass is 426 g/mol. The third-order valence-corrected chi connectivity index (χ3v) is 6.16. The van der Waals surface area contributed by atoms with Gasteiger partial charge in [0.15, 0.2) is 11.6 Å². The Balaban J connectivity index is 1.61. The number of carbonyl (C=O) groups excluding carboxylic acids is 1. The van der Waals surface area contributed by atoms with Gasteiger partial charge in [0, 0.05) is 36.6 Å². The van der Waals surface area contributed by atoms with Crippen molar-refractivity contribution in [2.24, 2.45) is 7.05 Å². The maximum absolute atomic E-state index is 13.5. The Kier molecular flexibility index (Phi) is 5.61. The molecule has 1 aliphatic rings. The van der Waals surface area contributed by atoms with E-state index in [4.69, 9.17) is 4.78 Å². The number of rotatable bonds is 4. The molecule has 0 saturated heterocycles. The van der Waals surface area contributed by atoms with E-state index in [0.717, 1.165) is 24.1 Å². The molecule has 1 amide bonds. The third kappa shape index (κ3) is 4.10. The van der Waals surface area contributed by atoms with Crippen molar-refractivity contribution < 1.29 is 13.6 Å². The molecule has 0 saturated carbocycles. The summed E-state index contributed by atoms with van der Waals surface area (Å²) in [5.74, 6) is -2.45. The van der Waals surface area contributed by atoms with Gasteiger partial charge < -0.3 is 9.88 Å². The van der Waals surface area contributed by atoms with Gasteiger partial charge >= 0.3 is 0 Å². The Morgan fingerprint density at radius 1 is 1.20 bits per heavy atom. The first-order valence-corrected chi connectivity index (χ1v) is 10.5. The summed E-state index contributed by atoms with van der Waals surface area (Å²) >= 11 is 0. The van der Waals surface area contributed by atoms with Crippen molar-refractivity contribution in [1.82, 2.24) is 9.29 Å². The number of benzene rings is 2. The summed E-state index contributed by atoms with van der Waals surface area (Å²) in [6, 6.07) is 13.2. The largest absolute Gasteiger partial charge is 0.345 e. The van der Waals surface area contributed by atoms with Crippen molar-refractivity contribution >= 4 is 28.5 Å². The maximum atomic E-state index is 13.5. The van der Waals surface area contributed by atoms with Gasteiger partial charge in [0.25, 0.3) is 5.91 Å². The van der Waals surface area contributed by atoms with E-state index in [1.54, 1.807) is 17.8 Å². The highest BCUT2D eigenvalue weighted by Gasteiger charge is 2.24. The first-order valence-electron chi connectivity index (χ1n) is 9.32. The minimum atomic E-state index is -1.03. The number of aromatic nitrogens is 1. The Labute approximate surface area is 175 Å². The van der Waals surface area contributed by atoms with Crippen molar-refractivity contribution in [1.29, 1.82) is 4.78 Å². The van der Waals surface area contributed by atoms with Crippen LogP contribution in [0.25, 0.3) is 6.08 Å². The SMILES string of the molecule is Cn1cc2c(c1C(=O)Nc1ccc(F)c(F)c1)C=C[C@H](Cc1ccccc1)NS2=N. The van der Waals surface area contributed by atoms with Crippen LogP contribution in [0.1, 0.15) is 21.6 Å². The van der Waals surface area contributed by atoms with Crippen LogP contribution in [0.3, 0.4) is 0 Å². The van der Waals surface area contributed by atoms with Crippen LogP contribution in [-0.2, 0) is 24.3 Å². The lowest BCUT2D eigenvalue weighted by atomic mass is 10.1. The number of carbonyl (C=O) groups is 1. The average molecular weight is 426 g/mol. The van der Waals surface area contributed by atoms with E-state index in [0.29, 0.717) is 16.2 Å². The second-order valence-electron chi connectivity index (χ2n) is 7.03. The molecule has 8 heteroatoms. The molecule has 0 fully saturated rings. The van der Waals surface area contributed by atoms with E-state index in [1.165, 1.54) is 6.07 Å². The smallest absolute Gasteiger partial charge is 0.272 e. The molecule has 4 rings (SSSR count). The van der Waals surface area contributed by atoms with Gasteiger partial charge in [-0.25, -0.2) is 13.5 Å². The molecule has 1 aromatic heterocycles. The predicted octanol–water partition coefficient (Wildman–Crippen LogP) is 4.44. The Morgan fingerprint density at radius 2 is 1.97 bits per heavy atom. The number of amides is 1. The lowest BCUT2D eigenvalue weighted by Gasteiger charge is -2.14. The Hall–Kier alpha value is -3.10. The number of anilines is 1. The number of nitrogens with one attached hydrogen (secondary N) is 3. The summed E-state index contributed by atoms with van der Waals surface area (Å²) in [4.78, 5) is 13.6. The summed E-state index contributed by atoms with van der Waals surface area (Å²) in [5.41, 5.74) is 2.33. The number of nitrogens with zero attached hydrogens (tertiary/aromatic N) is 1. The van der Waals surface area contributed by atoms with Gasteiger partial charge in [-0.2, -0.15) is 0 Å². The summed E-state index contributed by atoms with van der Waals surface area (Å²) < 4.78 is 40.1. The van der Waals surface area contributed by atoms with Crippen LogP contribution in [0.5, 0.6) is 0 Å².